The van der Waals surface area contributed by atoms with Gasteiger partial charge in [-0.3, -0.25) is 0 Å². The van der Waals surface area contributed by atoms with E-state index in [-0.39, 0.29) is 51.7 Å². The number of ether oxygens (including phenoxy) is 2. The second-order valence-corrected chi connectivity index (χ2v) is 37.1. The summed E-state index contributed by atoms with van der Waals surface area (Å²) in [5, 5.41) is 2.64. The van der Waals surface area contributed by atoms with Gasteiger partial charge < -0.3 is 22.8 Å². The van der Waals surface area contributed by atoms with Crippen LogP contribution in [-0.4, -0.2) is 68.2 Å². The Labute approximate surface area is 388 Å². The molecule has 1 saturated carbocycles. The lowest BCUT2D eigenvalue weighted by atomic mass is 9.95. The molecule has 1 saturated heterocycles. The minimum absolute atomic E-state index is 0.0298. The van der Waals surface area contributed by atoms with Gasteiger partial charge in [0.05, 0.1) is 30.5 Å². The summed E-state index contributed by atoms with van der Waals surface area (Å²) in [6.45, 7) is 40.2. The first-order chi connectivity index (χ1) is 29.3. The van der Waals surface area contributed by atoms with Gasteiger partial charge in [-0.25, -0.2) is 0 Å². The molecular weight excluding hydrogens is 825 g/mol. The Morgan fingerprint density at radius 1 is 0.746 bits per heavy atom. The van der Waals surface area contributed by atoms with Gasteiger partial charge in [-0.15, -0.1) is 0 Å². The van der Waals surface area contributed by atoms with E-state index in [0.717, 1.165) is 32.1 Å². The van der Waals surface area contributed by atoms with Crippen molar-refractivity contribution >= 4 is 35.3 Å². The Bertz CT molecular complexity index is 1840. The molecule has 9 atom stereocenters. The molecule has 1 aliphatic carbocycles. The highest BCUT2D eigenvalue weighted by Crippen LogP contribution is 2.45. The highest BCUT2D eigenvalue weighted by atomic mass is 28.4. The molecule has 0 bridgehead atoms. The molecule has 2 fully saturated rings. The molecule has 350 valence electrons. The van der Waals surface area contributed by atoms with Gasteiger partial charge in [0.25, 0.3) is 8.32 Å². The van der Waals surface area contributed by atoms with Crippen LogP contribution in [0.5, 0.6) is 0 Å². The monoisotopic (exact) mass is 913 g/mol. The predicted molar refractivity (Wildman–Crippen MR) is 276 cm³/mol. The van der Waals surface area contributed by atoms with Crippen LogP contribution in [0.1, 0.15) is 122 Å². The van der Waals surface area contributed by atoms with Gasteiger partial charge in [-0.05, 0) is 120 Å². The van der Waals surface area contributed by atoms with Crippen LogP contribution in [0.25, 0.3) is 0 Å². The first kappa shape index (κ1) is 51.8. The molecule has 2 aliphatic heterocycles. The van der Waals surface area contributed by atoms with Crippen LogP contribution in [0.2, 0.25) is 41.3 Å². The largest absolute Gasteiger partial charge is 0.411 e. The van der Waals surface area contributed by atoms with Gasteiger partial charge in [0.1, 0.15) is 6.10 Å². The Morgan fingerprint density at radius 2 is 1.30 bits per heavy atom. The fraction of sp³-hybridized carbons (Fsp3) is 0.636. The Balaban J connectivity index is 1.40. The minimum atomic E-state index is -2.70. The molecule has 0 aromatic heterocycles. The van der Waals surface area contributed by atoms with Crippen molar-refractivity contribution in [1.82, 2.24) is 0 Å². The fourth-order valence-electron chi connectivity index (χ4n) is 9.06. The van der Waals surface area contributed by atoms with E-state index in [1.807, 2.05) is 0 Å². The van der Waals surface area contributed by atoms with Crippen molar-refractivity contribution < 1.29 is 22.8 Å². The molecule has 0 spiro atoms. The highest BCUT2D eigenvalue weighted by molar-refractivity contribution is 6.99. The average molecular weight is 914 g/mol. The maximum Gasteiger partial charge on any atom is 0.261 e. The molecular formula is C55H88O5Si3. The van der Waals surface area contributed by atoms with Crippen molar-refractivity contribution in [3.05, 3.63) is 108 Å². The van der Waals surface area contributed by atoms with Crippen LogP contribution < -0.4 is 10.4 Å². The second-order valence-electron chi connectivity index (χ2n) is 23.3. The number of hydrogen-bond acceptors (Lipinski definition) is 5. The normalized spacial score (nSPS) is 27.5. The topological polar surface area (TPSA) is 46.2 Å². The third-order valence-corrected chi connectivity index (χ3v) is 29.2. The first-order valence-electron chi connectivity index (χ1n) is 24.4. The number of rotatable bonds is 17. The van der Waals surface area contributed by atoms with Gasteiger partial charge in [-0.2, -0.15) is 0 Å². The lowest BCUT2D eigenvalue weighted by Gasteiger charge is -2.50. The molecule has 5 rings (SSSR count). The second kappa shape index (κ2) is 20.8. The van der Waals surface area contributed by atoms with Crippen LogP contribution in [0.15, 0.2) is 108 Å². The van der Waals surface area contributed by atoms with Crippen molar-refractivity contribution in [2.75, 3.05) is 6.61 Å². The highest BCUT2D eigenvalue weighted by Gasteiger charge is 2.52. The molecule has 2 aromatic carbocycles. The quantitative estimate of drug-likeness (QED) is 0.117. The Hall–Kier alpha value is -2.15. The van der Waals surface area contributed by atoms with E-state index in [2.05, 4.69) is 213 Å². The summed E-state index contributed by atoms with van der Waals surface area (Å²) in [5.74, 6) is 1.39. The summed E-state index contributed by atoms with van der Waals surface area (Å²) in [6, 6.07) is 22.0. The summed E-state index contributed by atoms with van der Waals surface area (Å²) < 4.78 is 36.1. The predicted octanol–water partition coefficient (Wildman–Crippen LogP) is 13.7. The minimum Gasteiger partial charge on any atom is -0.411 e. The van der Waals surface area contributed by atoms with Crippen molar-refractivity contribution in [3.63, 3.8) is 0 Å². The van der Waals surface area contributed by atoms with Crippen LogP contribution in [0.4, 0.5) is 0 Å². The third-order valence-electron chi connectivity index (χ3n) is 15.2. The van der Waals surface area contributed by atoms with E-state index >= 15 is 0 Å². The van der Waals surface area contributed by atoms with Gasteiger partial charge in [-0.1, -0.05) is 173 Å². The van der Waals surface area contributed by atoms with Crippen LogP contribution in [0, 0.1) is 17.8 Å². The zero-order chi connectivity index (χ0) is 46.6. The van der Waals surface area contributed by atoms with Crippen molar-refractivity contribution in [2.24, 2.45) is 17.8 Å². The Morgan fingerprint density at radius 3 is 1.84 bits per heavy atom. The van der Waals surface area contributed by atoms with Gasteiger partial charge in [0.15, 0.2) is 16.6 Å². The van der Waals surface area contributed by atoms with Gasteiger partial charge in [0.2, 0.25) is 0 Å². The van der Waals surface area contributed by atoms with Gasteiger partial charge in [0, 0.05) is 13.0 Å². The standard InChI is InChI=1S/C55H88O5Si3/c1-18-48-41(3)30-33-49(58-48)42(4)37-40(2)29-31-43-38-44(43)32-34-50-52(60-62(16,17)54(8,9)10)51(59-61(14,15)53(5,6)7)39-45(57-50)35-36-56-63(55(11,12)13,46-25-21-19-22-26-46)47-27-23-20-24-28-47/h19-32,34,37,40,43-45,48-52H,18,33,35-36,38-39H2,1-17H3/b31-29+,34-32-,42-37+/t40-,43-,44-,45-,48-,49-,50+,51+,52+/m1/s1. The summed E-state index contributed by atoms with van der Waals surface area (Å²) in [4.78, 5) is 0. The first-order valence-corrected chi connectivity index (χ1v) is 32.1. The maximum atomic E-state index is 7.48. The van der Waals surface area contributed by atoms with E-state index < -0.39 is 25.0 Å². The summed E-state index contributed by atoms with van der Waals surface area (Å²) in [6.07, 6.45) is 19.1. The average Bonchev–Trinajstić information content (AvgIpc) is 3.96. The zero-order valence-corrected chi connectivity index (χ0v) is 45.7. The molecule has 0 amide bonds. The van der Waals surface area contributed by atoms with Crippen molar-refractivity contribution in [3.8, 4) is 0 Å². The molecule has 2 aromatic rings. The van der Waals surface area contributed by atoms with Crippen molar-refractivity contribution in [2.45, 2.75) is 200 Å². The summed E-state index contributed by atoms with van der Waals surface area (Å²) in [7, 11) is -7.09. The van der Waals surface area contributed by atoms with E-state index in [4.69, 9.17) is 22.8 Å². The van der Waals surface area contributed by atoms with E-state index in [1.165, 1.54) is 21.5 Å². The van der Waals surface area contributed by atoms with E-state index in [1.54, 1.807) is 0 Å². The summed E-state index contributed by atoms with van der Waals surface area (Å²) >= 11 is 0. The third kappa shape index (κ3) is 12.9. The van der Waals surface area contributed by atoms with E-state index in [9.17, 15) is 0 Å². The molecule has 3 aliphatic rings. The number of hydrogen-bond donors (Lipinski definition) is 0. The Kier molecular flexibility index (Phi) is 17.1. The molecule has 5 nitrogen and oxygen atoms in total. The van der Waals surface area contributed by atoms with Crippen LogP contribution >= 0.6 is 0 Å². The molecule has 0 unspecified atom stereocenters. The van der Waals surface area contributed by atoms with Gasteiger partial charge >= 0.3 is 0 Å². The molecule has 8 heteroatoms. The lowest BCUT2D eigenvalue weighted by molar-refractivity contribution is -0.144. The molecule has 2 heterocycles. The maximum absolute atomic E-state index is 7.48. The summed E-state index contributed by atoms with van der Waals surface area (Å²) in [5.41, 5.74) is 2.71. The smallest absolute Gasteiger partial charge is 0.261 e. The SMILES string of the molecule is CC[C@H]1O[C@@H](/C(C)=C/[C@H](C)/C=C/[C@@H]2C[C@H]2/C=C\[C@@H]2O[C@H](CCO[Si](c3ccccc3)(c3ccccc3)C(C)(C)C)C[C@H](O[Si](C)(C)C(C)(C)C)[C@H]2O[Si](C)(C)C(C)(C)C)CC=C1C. The lowest BCUT2D eigenvalue weighted by Crippen LogP contribution is -2.66. The fourth-order valence-corrected chi connectivity index (χ4v) is 16.3. The number of allylic oxidation sites excluding steroid dienone is 4. The molecule has 0 N–H and O–H groups in total. The number of benzene rings is 2. The van der Waals surface area contributed by atoms with Crippen LogP contribution in [0.3, 0.4) is 0 Å². The zero-order valence-electron chi connectivity index (χ0n) is 42.7. The van der Waals surface area contributed by atoms with Crippen molar-refractivity contribution in [1.29, 1.82) is 0 Å². The van der Waals surface area contributed by atoms with E-state index in [0.29, 0.717) is 24.4 Å². The van der Waals surface area contributed by atoms with Crippen LogP contribution in [-0.2, 0) is 22.8 Å². The molecule has 0 radical (unpaired) electrons. The molecule has 63 heavy (non-hydrogen) atoms.